The van der Waals surface area contributed by atoms with Crippen LogP contribution in [0.5, 0.6) is 0 Å². The highest BCUT2D eigenvalue weighted by atomic mass is 14.4. The van der Waals surface area contributed by atoms with E-state index in [0.29, 0.717) is 0 Å². The second kappa shape index (κ2) is 14.2. The molecule has 0 heteroatoms. The SMILES string of the molecule is c1ccc(-c2c3c(c(-c4ccccc4)c4ccccc24)-c2ccc4c5c(-c6ccccc6)cc6c7c(ccc(c8ccc-3c2c84)c75)-c2c-6c(-c3ccccc3)c3ccccc3c2-c2ccccc2)cc1. The Morgan fingerprint density at radius 3 is 0.829 bits per heavy atom. The van der Waals surface area contributed by atoms with Crippen LogP contribution in [-0.2, 0) is 0 Å². The Kier molecular flexibility index (Phi) is 7.70. The molecule has 0 amide bonds. The van der Waals surface area contributed by atoms with Crippen LogP contribution in [0.4, 0.5) is 0 Å². The highest BCUT2D eigenvalue weighted by Crippen LogP contribution is 2.63. The third kappa shape index (κ3) is 4.94. The second-order valence-electron chi connectivity index (χ2n) is 19.3. The van der Waals surface area contributed by atoms with Gasteiger partial charge in [0.1, 0.15) is 0 Å². The molecule has 2 aliphatic rings. The van der Waals surface area contributed by atoms with Gasteiger partial charge in [-0.25, -0.2) is 0 Å². The zero-order valence-electron chi connectivity index (χ0n) is 38.1. The lowest BCUT2D eigenvalue weighted by molar-refractivity contribution is 1.62. The number of hydrogen-bond acceptors (Lipinski definition) is 0. The molecule has 2 aliphatic carbocycles. The van der Waals surface area contributed by atoms with E-state index in [-0.39, 0.29) is 0 Å². The highest BCUT2D eigenvalue weighted by Gasteiger charge is 2.36. The summed E-state index contributed by atoms with van der Waals surface area (Å²) in [5, 5.41) is 15.7. The molecule has 0 spiro atoms. The van der Waals surface area contributed by atoms with Gasteiger partial charge in [0.15, 0.2) is 0 Å². The maximum atomic E-state index is 2.57. The van der Waals surface area contributed by atoms with E-state index < -0.39 is 0 Å². The summed E-state index contributed by atoms with van der Waals surface area (Å²) < 4.78 is 0. The van der Waals surface area contributed by atoms with Crippen LogP contribution in [0.3, 0.4) is 0 Å². The van der Waals surface area contributed by atoms with Crippen LogP contribution >= 0.6 is 0 Å². The van der Waals surface area contributed by atoms with E-state index in [1.807, 2.05) is 0 Å². The first-order valence-corrected chi connectivity index (χ1v) is 24.5. The van der Waals surface area contributed by atoms with Gasteiger partial charge in [0.05, 0.1) is 0 Å². The first kappa shape index (κ1) is 37.9. The summed E-state index contributed by atoms with van der Waals surface area (Å²) in [5.74, 6) is 0. The molecule has 14 aromatic rings. The van der Waals surface area contributed by atoms with Gasteiger partial charge in [-0.1, -0.05) is 237 Å². The van der Waals surface area contributed by atoms with Crippen molar-refractivity contribution < 1.29 is 0 Å². The highest BCUT2D eigenvalue weighted by molar-refractivity contribution is 6.44. The molecule has 0 bridgehead atoms. The lowest BCUT2D eigenvalue weighted by Gasteiger charge is -2.21. The fourth-order valence-electron chi connectivity index (χ4n) is 13.2. The smallest absolute Gasteiger partial charge is 0.000719 e. The van der Waals surface area contributed by atoms with Gasteiger partial charge < -0.3 is 0 Å². The maximum absolute atomic E-state index is 2.57. The molecular formula is C70H40. The van der Waals surface area contributed by atoms with E-state index in [2.05, 4.69) is 243 Å². The third-order valence-electron chi connectivity index (χ3n) is 15.8. The van der Waals surface area contributed by atoms with Gasteiger partial charge in [-0.3, -0.25) is 0 Å². The maximum Gasteiger partial charge on any atom is -0.000719 e. The predicted molar refractivity (Wildman–Crippen MR) is 299 cm³/mol. The number of hydrogen-bond donors (Lipinski definition) is 0. The van der Waals surface area contributed by atoms with E-state index in [1.165, 1.54) is 165 Å². The van der Waals surface area contributed by atoms with Gasteiger partial charge in [-0.2, -0.15) is 0 Å². The Morgan fingerprint density at radius 2 is 0.443 bits per heavy atom. The molecule has 16 rings (SSSR count). The third-order valence-corrected chi connectivity index (χ3v) is 15.8. The molecule has 0 saturated carbocycles. The molecule has 0 radical (unpaired) electrons. The summed E-state index contributed by atoms with van der Waals surface area (Å²) in [6, 6.07) is 91.1. The fourth-order valence-corrected chi connectivity index (χ4v) is 13.2. The molecule has 0 saturated heterocycles. The average Bonchev–Trinajstić information content (AvgIpc) is 3.95. The molecule has 320 valence electrons. The summed E-state index contributed by atoms with van der Waals surface area (Å²) in [4.78, 5) is 0. The van der Waals surface area contributed by atoms with Crippen molar-refractivity contribution in [2.24, 2.45) is 0 Å². The van der Waals surface area contributed by atoms with Gasteiger partial charge in [0.2, 0.25) is 0 Å². The molecule has 70 heavy (non-hydrogen) atoms. The summed E-state index contributed by atoms with van der Waals surface area (Å²) >= 11 is 0. The Hall–Kier alpha value is -9.10. The van der Waals surface area contributed by atoms with Crippen LogP contribution in [0.1, 0.15) is 0 Å². The van der Waals surface area contributed by atoms with Crippen molar-refractivity contribution in [1.82, 2.24) is 0 Å². The van der Waals surface area contributed by atoms with Crippen molar-refractivity contribution in [3.8, 4) is 100 Å². The molecule has 0 nitrogen and oxygen atoms in total. The fraction of sp³-hybridized carbons (Fsp3) is 0. The Balaban J connectivity index is 1.10. The van der Waals surface area contributed by atoms with Crippen molar-refractivity contribution >= 4 is 64.6 Å². The molecule has 0 N–H and O–H groups in total. The number of fused-ring (bicyclic) bond motifs is 10. The van der Waals surface area contributed by atoms with Crippen molar-refractivity contribution in [2.45, 2.75) is 0 Å². The first-order chi connectivity index (χ1) is 34.8. The van der Waals surface area contributed by atoms with Gasteiger partial charge >= 0.3 is 0 Å². The molecular weight excluding hydrogens is 841 g/mol. The topological polar surface area (TPSA) is 0 Å². The van der Waals surface area contributed by atoms with Crippen molar-refractivity contribution in [1.29, 1.82) is 0 Å². The zero-order chi connectivity index (χ0) is 45.6. The molecule has 0 aliphatic heterocycles. The number of benzene rings is 14. The average molecular weight is 881 g/mol. The Bertz CT molecular complexity index is 4420. The van der Waals surface area contributed by atoms with E-state index in [0.717, 1.165) is 0 Å². The minimum atomic E-state index is 1.23. The van der Waals surface area contributed by atoms with Gasteiger partial charge in [0, 0.05) is 0 Å². The van der Waals surface area contributed by atoms with Gasteiger partial charge in [-0.15, -0.1) is 0 Å². The van der Waals surface area contributed by atoms with Crippen molar-refractivity contribution in [3.63, 3.8) is 0 Å². The van der Waals surface area contributed by atoms with Crippen LogP contribution in [0.25, 0.3) is 165 Å². The molecule has 0 atom stereocenters. The summed E-state index contributed by atoms with van der Waals surface area (Å²) in [6.45, 7) is 0. The van der Waals surface area contributed by atoms with Gasteiger partial charge in [-0.05, 0) is 171 Å². The van der Waals surface area contributed by atoms with E-state index in [1.54, 1.807) is 0 Å². The monoisotopic (exact) mass is 880 g/mol. The van der Waals surface area contributed by atoms with Crippen molar-refractivity contribution in [3.05, 3.63) is 243 Å². The lowest BCUT2D eigenvalue weighted by atomic mass is 9.82. The quantitative estimate of drug-likeness (QED) is 0.119. The van der Waals surface area contributed by atoms with Crippen LogP contribution in [0.2, 0.25) is 0 Å². The van der Waals surface area contributed by atoms with Crippen LogP contribution in [-0.4, -0.2) is 0 Å². The Labute approximate surface area is 405 Å². The summed E-state index contributed by atoms with van der Waals surface area (Å²) in [6.07, 6.45) is 0. The van der Waals surface area contributed by atoms with Crippen LogP contribution < -0.4 is 0 Å². The van der Waals surface area contributed by atoms with E-state index in [4.69, 9.17) is 0 Å². The largest absolute Gasteiger partial charge is 0.0622 e. The summed E-state index contributed by atoms with van der Waals surface area (Å²) in [7, 11) is 0. The van der Waals surface area contributed by atoms with Crippen molar-refractivity contribution in [2.75, 3.05) is 0 Å². The van der Waals surface area contributed by atoms with Crippen LogP contribution in [0.15, 0.2) is 243 Å². The minimum Gasteiger partial charge on any atom is -0.0622 e. The first-order valence-electron chi connectivity index (χ1n) is 24.5. The summed E-state index contributed by atoms with van der Waals surface area (Å²) in [5.41, 5.74) is 23.2. The standard InChI is InChI=1S/C70H40/c1-6-20-41(21-7-1)56-40-57-65-55(69-60(44-26-12-4-13-27-44)48-32-18-19-33-49(48)61(70(57)69)45-28-14-5-15-29-45)37-35-51-50-34-36-53-63-54(39-38-52(62(50)63)64(56)66(51)65)68-59(43-24-10-3-11-25-43)47-31-17-16-30-46(47)58(67(53)68)42-22-8-2-9-23-42/h1-40H. The molecule has 0 heterocycles. The number of rotatable bonds is 5. The zero-order valence-corrected chi connectivity index (χ0v) is 38.1. The lowest BCUT2D eigenvalue weighted by Crippen LogP contribution is -1.93. The van der Waals surface area contributed by atoms with E-state index in [9.17, 15) is 0 Å². The minimum absolute atomic E-state index is 1.23. The predicted octanol–water partition coefficient (Wildman–Crippen LogP) is 19.7. The second-order valence-corrected chi connectivity index (χ2v) is 19.3. The molecule has 0 unspecified atom stereocenters. The van der Waals surface area contributed by atoms with Gasteiger partial charge in [0.25, 0.3) is 0 Å². The molecule has 14 aromatic carbocycles. The Morgan fingerprint density at radius 1 is 0.143 bits per heavy atom. The molecule has 0 fully saturated rings. The van der Waals surface area contributed by atoms with E-state index >= 15 is 0 Å². The van der Waals surface area contributed by atoms with Crippen LogP contribution in [0, 0.1) is 0 Å². The molecule has 0 aromatic heterocycles. The normalized spacial score (nSPS) is 12.3.